The van der Waals surface area contributed by atoms with Gasteiger partial charge < -0.3 is 15.7 Å². The first-order chi connectivity index (χ1) is 13.4. The third kappa shape index (κ3) is 5.01. The average Bonchev–Trinajstić information content (AvgIpc) is 2.92. The van der Waals surface area contributed by atoms with E-state index >= 15 is 0 Å². The molecule has 3 N–H and O–H groups in total. The Morgan fingerprint density at radius 2 is 1.71 bits per heavy atom. The molecule has 1 saturated heterocycles. The van der Waals surface area contributed by atoms with Crippen molar-refractivity contribution in [1.82, 2.24) is 15.5 Å². The highest BCUT2D eigenvalue weighted by molar-refractivity contribution is 6.30. The molecule has 2 aromatic rings. The molecule has 0 saturated carbocycles. The van der Waals surface area contributed by atoms with Crippen LogP contribution in [0.25, 0.3) is 0 Å². The van der Waals surface area contributed by atoms with Gasteiger partial charge in [0.1, 0.15) is 11.8 Å². The first kappa shape index (κ1) is 19.7. The van der Waals surface area contributed by atoms with Crippen molar-refractivity contribution in [2.75, 3.05) is 6.54 Å². The van der Waals surface area contributed by atoms with Crippen molar-refractivity contribution < 1.29 is 19.5 Å². The number of hydrogen-bond donors (Lipinski definition) is 3. The summed E-state index contributed by atoms with van der Waals surface area (Å²) in [5, 5.41) is 15.1. The van der Waals surface area contributed by atoms with E-state index in [9.17, 15) is 19.5 Å². The van der Waals surface area contributed by atoms with Crippen LogP contribution in [0.4, 0.5) is 4.79 Å². The van der Waals surface area contributed by atoms with Gasteiger partial charge in [-0.3, -0.25) is 14.5 Å². The van der Waals surface area contributed by atoms with Crippen molar-refractivity contribution in [2.24, 2.45) is 0 Å². The SMILES string of the molecule is O=C(C[C@H]1NC(=O)N(Cc2ccc(Cl)cc2)C1=O)NCCc1ccc(O)cc1. The maximum absolute atomic E-state index is 12.5. The van der Waals surface area contributed by atoms with Gasteiger partial charge in [0.2, 0.25) is 5.91 Å². The second kappa shape index (κ2) is 8.75. The molecule has 146 valence electrons. The summed E-state index contributed by atoms with van der Waals surface area (Å²) in [5.41, 5.74) is 1.74. The predicted molar refractivity (Wildman–Crippen MR) is 104 cm³/mol. The molecule has 0 spiro atoms. The second-order valence-corrected chi connectivity index (χ2v) is 6.96. The molecule has 1 aliphatic rings. The maximum atomic E-state index is 12.5. The molecule has 4 amide bonds. The van der Waals surface area contributed by atoms with Crippen molar-refractivity contribution in [3.8, 4) is 5.75 Å². The Morgan fingerprint density at radius 1 is 1.07 bits per heavy atom. The quantitative estimate of drug-likeness (QED) is 0.619. The van der Waals surface area contributed by atoms with Gasteiger partial charge in [0.25, 0.3) is 5.91 Å². The van der Waals surface area contributed by atoms with Crippen LogP contribution in [0, 0.1) is 0 Å². The molecule has 28 heavy (non-hydrogen) atoms. The summed E-state index contributed by atoms with van der Waals surface area (Å²) in [6.45, 7) is 0.522. The van der Waals surface area contributed by atoms with Gasteiger partial charge in [0.15, 0.2) is 0 Å². The van der Waals surface area contributed by atoms with Gasteiger partial charge >= 0.3 is 6.03 Å². The van der Waals surface area contributed by atoms with E-state index in [0.717, 1.165) is 16.0 Å². The molecule has 0 aromatic heterocycles. The fourth-order valence-corrected chi connectivity index (χ4v) is 3.03. The van der Waals surface area contributed by atoms with Crippen LogP contribution in [0.3, 0.4) is 0 Å². The lowest BCUT2D eigenvalue weighted by Crippen LogP contribution is -2.37. The minimum Gasteiger partial charge on any atom is -0.508 e. The molecule has 8 heteroatoms. The molecule has 0 unspecified atom stereocenters. The van der Waals surface area contributed by atoms with Crippen LogP contribution in [0.2, 0.25) is 5.02 Å². The predicted octanol–water partition coefficient (Wildman–Crippen LogP) is 2.21. The van der Waals surface area contributed by atoms with Crippen molar-refractivity contribution in [2.45, 2.75) is 25.4 Å². The van der Waals surface area contributed by atoms with Gasteiger partial charge in [0.05, 0.1) is 13.0 Å². The van der Waals surface area contributed by atoms with E-state index in [-0.39, 0.29) is 24.6 Å². The number of hydrogen-bond acceptors (Lipinski definition) is 4. The number of urea groups is 1. The lowest BCUT2D eigenvalue weighted by Gasteiger charge is -2.13. The van der Waals surface area contributed by atoms with Gasteiger partial charge in [-0.05, 0) is 41.8 Å². The van der Waals surface area contributed by atoms with Gasteiger partial charge in [-0.1, -0.05) is 35.9 Å². The first-order valence-corrected chi connectivity index (χ1v) is 9.21. The monoisotopic (exact) mass is 401 g/mol. The Morgan fingerprint density at radius 3 is 2.39 bits per heavy atom. The zero-order valence-corrected chi connectivity index (χ0v) is 15.8. The number of halogens is 1. The van der Waals surface area contributed by atoms with Crippen molar-refractivity contribution in [3.63, 3.8) is 0 Å². The van der Waals surface area contributed by atoms with E-state index in [1.807, 2.05) is 0 Å². The summed E-state index contributed by atoms with van der Waals surface area (Å²) in [6, 6.07) is 12.2. The molecule has 1 atom stereocenters. The minimum atomic E-state index is -0.867. The van der Waals surface area contributed by atoms with Gasteiger partial charge in [0, 0.05) is 11.6 Å². The molecular formula is C20H20ClN3O4. The summed E-state index contributed by atoms with van der Waals surface area (Å²) < 4.78 is 0. The molecule has 0 radical (unpaired) electrons. The summed E-state index contributed by atoms with van der Waals surface area (Å²) in [7, 11) is 0. The van der Waals surface area contributed by atoms with E-state index < -0.39 is 18.0 Å². The highest BCUT2D eigenvalue weighted by Gasteiger charge is 2.38. The second-order valence-electron chi connectivity index (χ2n) is 6.52. The number of aromatic hydroxyl groups is 1. The van der Waals surface area contributed by atoms with Crippen LogP contribution in [-0.2, 0) is 22.6 Å². The third-order valence-corrected chi connectivity index (χ3v) is 4.67. The van der Waals surface area contributed by atoms with Crippen LogP contribution < -0.4 is 10.6 Å². The number of benzene rings is 2. The smallest absolute Gasteiger partial charge is 0.325 e. The number of amides is 4. The Balaban J connectivity index is 1.48. The molecule has 2 aromatic carbocycles. The lowest BCUT2D eigenvalue weighted by molar-refractivity contribution is -0.131. The maximum Gasteiger partial charge on any atom is 0.325 e. The number of nitrogens with zero attached hydrogens (tertiary/aromatic N) is 1. The summed E-state index contributed by atoms with van der Waals surface area (Å²) >= 11 is 5.84. The summed E-state index contributed by atoms with van der Waals surface area (Å²) in [5.74, 6) is -0.550. The van der Waals surface area contributed by atoms with E-state index in [0.29, 0.717) is 18.0 Å². The molecule has 1 heterocycles. The van der Waals surface area contributed by atoms with Crippen LogP contribution in [0.5, 0.6) is 5.75 Å². The summed E-state index contributed by atoms with van der Waals surface area (Å²) in [6.07, 6.45) is 0.483. The molecular weight excluding hydrogens is 382 g/mol. The van der Waals surface area contributed by atoms with Gasteiger partial charge in [-0.15, -0.1) is 0 Å². The van der Waals surface area contributed by atoms with E-state index in [2.05, 4.69) is 10.6 Å². The van der Waals surface area contributed by atoms with Crippen LogP contribution >= 0.6 is 11.6 Å². The van der Waals surface area contributed by atoms with E-state index in [1.165, 1.54) is 0 Å². The van der Waals surface area contributed by atoms with E-state index in [1.54, 1.807) is 48.5 Å². The van der Waals surface area contributed by atoms with Crippen LogP contribution in [-0.4, -0.2) is 40.4 Å². The normalized spacial score (nSPS) is 16.2. The molecule has 1 aliphatic heterocycles. The Labute approximate surface area is 167 Å². The Kier molecular flexibility index (Phi) is 6.16. The lowest BCUT2D eigenvalue weighted by atomic mass is 10.1. The highest BCUT2D eigenvalue weighted by atomic mass is 35.5. The zero-order chi connectivity index (χ0) is 20.1. The highest BCUT2D eigenvalue weighted by Crippen LogP contribution is 2.16. The molecule has 1 fully saturated rings. The number of phenols is 1. The van der Waals surface area contributed by atoms with Gasteiger partial charge in [-0.2, -0.15) is 0 Å². The Hall–Kier alpha value is -3.06. The molecule has 0 bridgehead atoms. The van der Waals surface area contributed by atoms with Crippen molar-refractivity contribution in [3.05, 3.63) is 64.7 Å². The first-order valence-electron chi connectivity index (χ1n) is 8.83. The standard InChI is InChI=1S/C20H20ClN3O4/c21-15-5-1-14(2-6-15)12-24-19(27)17(23-20(24)28)11-18(26)22-10-9-13-3-7-16(25)8-4-13/h1-8,17,25H,9-12H2,(H,22,26)(H,23,28)/t17-/m1/s1. The number of imide groups is 1. The number of phenolic OH excluding ortho intramolecular Hbond substituents is 1. The molecule has 0 aliphatic carbocycles. The molecule has 3 rings (SSSR count). The van der Waals surface area contributed by atoms with Crippen LogP contribution in [0.1, 0.15) is 17.5 Å². The fourth-order valence-electron chi connectivity index (χ4n) is 2.90. The number of carbonyl (C=O) groups excluding carboxylic acids is 3. The third-order valence-electron chi connectivity index (χ3n) is 4.42. The number of carbonyl (C=O) groups is 3. The fraction of sp³-hybridized carbons (Fsp3) is 0.250. The minimum absolute atomic E-state index is 0.114. The summed E-state index contributed by atoms with van der Waals surface area (Å²) in [4.78, 5) is 37.8. The largest absolute Gasteiger partial charge is 0.508 e. The average molecular weight is 402 g/mol. The number of nitrogens with one attached hydrogen (secondary N) is 2. The van der Waals surface area contributed by atoms with Gasteiger partial charge in [-0.25, -0.2) is 4.79 Å². The van der Waals surface area contributed by atoms with Crippen molar-refractivity contribution in [1.29, 1.82) is 0 Å². The zero-order valence-electron chi connectivity index (χ0n) is 15.0. The molecule has 7 nitrogen and oxygen atoms in total. The van der Waals surface area contributed by atoms with Crippen molar-refractivity contribution >= 4 is 29.4 Å². The van der Waals surface area contributed by atoms with Crippen LogP contribution in [0.15, 0.2) is 48.5 Å². The Bertz CT molecular complexity index is 868. The van der Waals surface area contributed by atoms with E-state index in [4.69, 9.17) is 11.6 Å². The number of rotatable bonds is 7. The topological polar surface area (TPSA) is 98.7 Å².